The average molecular weight is 664 g/mol. The zero-order valence-corrected chi connectivity index (χ0v) is 25.3. The van der Waals surface area contributed by atoms with Gasteiger partial charge in [-0.05, 0) is 85.2 Å². The van der Waals surface area contributed by atoms with Gasteiger partial charge in [0, 0.05) is 13.2 Å². The first kappa shape index (κ1) is 39.7. The number of aromatic hydroxyl groups is 6. The van der Waals surface area contributed by atoms with Crippen LogP contribution in [0, 0.1) is 0 Å². The first-order valence-electron chi connectivity index (χ1n) is 14.1. The summed E-state index contributed by atoms with van der Waals surface area (Å²) in [6, 6.07) is 9.27. The molecule has 4 rings (SSSR count). The summed E-state index contributed by atoms with van der Waals surface area (Å²) in [5.41, 5.74) is 17.6. The summed E-state index contributed by atoms with van der Waals surface area (Å²) in [5, 5.41) is 79.9. The van der Waals surface area contributed by atoms with Crippen LogP contribution < -0.4 is 17.2 Å². The zero-order chi connectivity index (χ0) is 35.7. The first-order chi connectivity index (χ1) is 22.0. The molecule has 0 saturated carbocycles. The quantitative estimate of drug-likeness (QED) is 0.142. The van der Waals surface area contributed by atoms with Gasteiger partial charge in [-0.3, -0.25) is 14.4 Å². The van der Waals surface area contributed by atoms with Crippen molar-refractivity contribution in [3.05, 3.63) is 71.3 Å². The van der Waals surface area contributed by atoms with Crippen LogP contribution in [-0.4, -0.2) is 95.2 Å². The maximum Gasteiger partial charge on any atom is 0.320 e. The van der Waals surface area contributed by atoms with Gasteiger partial charge in [-0.15, -0.1) is 0 Å². The molecule has 0 aromatic heterocycles. The molecule has 0 unspecified atom stereocenters. The second kappa shape index (κ2) is 20.0. The predicted octanol–water partition coefficient (Wildman–Crippen LogP) is 0.953. The molecule has 16 heteroatoms. The standard InChI is InChI=1S/3C9H11NO4.C4H8O/c3*10-6(9(13)14)3-5-1-2-7(11)8(12)4-5;1-2-4-5-3-1/h3*1-2,4,6,11-12H,3,10H2,(H,13,14);1-4H2/t3*6-;/m000./s1. The van der Waals surface area contributed by atoms with E-state index >= 15 is 0 Å². The van der Waals surface area contributed by atoms with Gasteiger partial charge in [-0.1, -0.05) is 18.2 Å². The van der Waals surface area contributed by atoms with Gasteiger partial charge in [0.15, 0.2) is 34.5 Å². The van der Waals surface area contributed by atoms with Crippen molar-refractivity contribution < 1.29 is 65.1 Å². The van der Waals surface area contributed by atoms with Crippen LogP contribution in [0.4, 0.5) is 0 Å². The number of carbonyl (C=O) groups is 3. The van der Waals surface area contributed by atoms with Crippen LogP contribution in [-0.2, 0) is 38.4 Å². The second-order valence-corrected chi connectivity index (χ2v) is 10.2. The first-order valence-corrected chi connectivity index (χ1v) is 14.1. The lowest BCUT2D eigenvalue weighted by atomic mass is 10.1. The maximum atomic E-state index is 10.4. The van der Waals surface area contributed by atoms with Gasteiger partial charge in [0.25, 0.3) is 0 Å². The summed E-state index contributed by atoms with van der Waals surface area (Å²) in [7, 11) is 0. The smallest absolute Gasteiger partial charge is 0.320 e. The number of phenols is 6. The minimum Gasteiger partial charge on any atom is -0.504 e. The van der Waals surface area contributed by atoms with Crippen molar-refractivity contribution in [2.24, 2.45) is 17.2 Å². The molecule has 15 N–H and O–H groups in total. The molecule has 16 nitrogen and oxygen atoms in total. The highest BCUT2D eigenvalue weighted by Gasteiger charge is 2.14. The molecular weight excluding hydrogens is 622 g/mol. The fourth-order valence-electron chi connectivity index (χ4n) is 3.62. The summed E-state index contributed by atoms with van der Waals surface area (Å²) in [6.07, 6.45) is 2.90. The van der Waals surface area contributed by atoms with Gasteiger partial charge in [0.2, 0.25) is 0 Å². The van der Waals surface area contributed by atoms with Crippen LogP contribution >= 0.6 is 0 Å². The third kappa shape index (κ3) is 15.5. The van der Waals surface area contributed by atoms with E-state index < -0.39 is 36.0 Å². The lowest BCUT2D eigenvalue weighted by Gasteiger charge is -2.06. The molecular formula is C31H41N3O13. The molecule has 1 heterocycles. The van der Waals surface area contributed by atoms with Gasteiger partial charge in [0.05, 0.1) is 0 Å². The lowest BCUT2D eigenvalue weighted by molar-refractivity contribution is -0.139. The van der Waals surface area contributed by atoms with Crippen molar-refractivity contribution in [3.8, 4) is 34.5 Å². The molecule has 0 bridgehead atoms. The Hall–Kier alpha value is -5.29. The summed E-state index contributed by atoms with van der Waals surface area (Å²) >= 11 is 0. The van der Waals surface area contributed by atoms with E-state index in [2.05, 4.69) is 0 Å². The summed E-state index contributed by atoms with van der Waals surface area (Å²) in [5.74, 6) is -4.85. The number of benzene rings is 3. The topological polar surface area (TPSA) is 321 Å². The van der Waals surface area contributed by atoms with E-state index in [4.69, 9.17) is 67.9 Å². The van der Waals surface area contributed by atoms with Crippen molar-refractivity contribution in [2.45, 2.75) is 50.2 Å². The zero-order valence-electron chi connectivity index (χ0n) is 25.3. The Kier molecular flexibility index (Phi) is 16.9. The van der Waals surface area contributed by atoms with Crippen LogP contribution in [0.3, 0.4) is 0 Å². The SMILES string of the molecule is C1CCOC1.N[C@@H](Cc1ccc(O)c(O)c1)C(=O)O.N[C@@H](Cc1ccc(O)c(O)c1)C(=O)O.N[C@@H](Cc1ccc(O)c(O)c1)C(=O)O. The number of ether oxygens (including phenoxy) is 1. The van der Waals surface area contributed by atoms with Crippen molar-refractivity contribution in [1.82, 2.24) is 0 Å². The largest absolute Gasteiger partial charge is 0.504 e. The minimum atomic E-state index is -1.10. The van der Waals surface area contributed by atoms with E-state index in [1.54, 1.807) is 0 Å². The molecule has 3 aromatic rings. The Morgan fingerprint density at radius 1 is 0.511 bits per heavy atom. The molecule has 47 heavy (non-hydrogen) atoms. The summed E-state index contributed by atoms with van der Waals surface area (Å²) in [6.45, 7) is 2.00. The van der Waals surface area contributed by atoms with Crippen molar-refractivity contribution in [2.75, 3.05) is 13.2 Å². The van der Waals surface area contributed by atoms with E-state index in [9.17, 15) is 14.4 Å². The molecule has 0 radical (unpaired) electrons. The summed E-state index contributed by atoms with van der Waals surface area (Å²) in [4.78, 5) is 31.3. The van der Waals surface area contributed by atoms with Gasteiger partial charge >= 0.3 is 17.9 Å². The third-order valence-electron chi connectivity index (χ3n) is 6.27. The molecule has 1 fully saturated rings. The van der Waals surface area contributed by atoms with Crippen LogP contribution in [0.5, 0.6) is 34.5 Å². The van der Waals surface area contributed by atoms with Crippen molar-refractivity contribution in [1.29, 1.82) is 0 Å². The Balaban J connectivity index is 0.000000327. The van der Waals surface area contributed by atoms with E-state index in [0.29, 0.717) is 16.7 Å². The lowest BCUT2D eigenvalue weighted by Crippen LogP contribution is -2.32. The van der Waals surface area contributed by atoms with Gasteiger partial charge in [-0.2, -0.15) is 0 Å². The predicted molar refractivity (Wildman–Crippen MR) is 167 cm³/mol. The molecule has 1 aliphatic heterocycles. The fourth-order valence-corrected chi connectivity index (χ4v) is 3.62. The normalized spacial score (nSPS) is 13.6. The minimum absolute atomic E-state index is 0.114. The number of carboxylic acid groups (broad SMARTS) is 3. The van der Waals surface area contributed by atoms with E-state index in [1.165, 1.54) is 67.4 Å². The Bertz CT molecular complexity index is 1290. The highest BCUT2D eigenvalue weighted by Crippen LogP contribution is 2.27. The van der Waals surface area contributed by atoms with Gasteiger partial charge in [0.1, 0.15) is 18.1 Å². The molecule has 3 aromatic carbocycles. The number of hydrogen-bond donors (Lipinski definition) is 12. The van der Waals surface area contributed by atoms with E-state index in [1.807, 2.05) is 0 Å². The van der Waals surface area contributed by atoms with Crippen LogP contribution in [0.15, 0.2) is 54.6 Å². The van der Waals surface area contributed by atoms with Crippen LogP contribution in [0.1, 0.15) is 29.5 Å². The van der Waals surface area contributed by atoms with Crippen molar-refractivity contribution in [3.63, 3.8) is 0 Å². The third-order valence-corrected chi connectivity index (χ3v) is 6.27. The monoisotopic (exact) mass is 663 g/mol. The molecule has 0 spiro atoms. The number of carboxylic acids is 3. The Labute approximate surface area is 269 Å². The molecule has 1 aliphatic rings. The Morgan fingerprint density at radius 2 is 0.766 bits per heavy atom. The number of rotatable bonds is 9. The fraction of sp³-hybridized carbons (Fsp3) is 0.323. The highest BCUT2D eigenvalue weighted by atomic mass is 16.5. The summed E-state index contributed by atoms with van der Waals surface area (Å²) < 4.78 is 4.94. The van der Waals surface area contributed by atoms with Crippen LogP contribution in [0.2, 0.25) is 0 Å². The van der Waals surface area contributed by atoms with E-state index in [-0.39, 0.29) is 53.8 Å². The molecule has 0 aliphatic carbocycles. The Morgan fingerprint density at radius 3 is 0.936 bits per heavy atom. The number of nitrogens with two attached hydrogens (primary N) is 3. The average Bonchev–Trinajstić information content (AvgIpc) is 3.60. The molecule has 3 atom stereocenters. The van der Waals surface area contributed by atoms with Crippen molar-refractivity contribution >= 4 is 17.9 Å². The number of aliphatic carboxylic acids is 3. The van der Waals surface area contributed by atoms with Gasteiger partial charge in [-0.25, -0.2) is 0 Å². The maximum absolute atomic E-state index is 10.4. The van der Waals surface area contributed by atoms with Crippen LogP contribution in [0.25, 0.3) is 0 Å². The van der Waals surface area contributed by atoms with Gasteiger partial charge < -0.3 is 67.9 Å². The van der Waals surface area contributed by atoms with E-state index in [0.717, 1.165) is 13.2 Å². The molecule has 258 valence electrons. The highest BCUT2D eigenvalue weighted by molar-refractivity contribution is 5.74. The molecule has 1 saturated heterocycles. The number of phenolic OH excluding ortho intramolecular Hbond substituents is 6. The molecule has 0 amide bonds. The number of hydrogen-bond acceptors (Lipinski definition) is 13. The second-order valence-electron chi connectivity index (χ2n) is 10.2.